The molecule has 0 rings (SSSR count). The molecule has 0 aliphatic carbocycles. The summed E-state index contributed by atoms with van der Waals surface area (Å²) in [5.74, 6) is 0.832. The van der Waals surface area contributed by atoms with Crippen LogP contribution in [-0.2, 0) is 0 Å². The average Bonchev–Trinajstić information content (AvgIpc) is 2.45. The fourth-order valence-corrected chi connectivity index (χ4v) is 2.51. The lowest BCUT2D eigenvalue weighted by Crippen LogP contribution is -1.92. The molecular formula is C21H36. The van der Waals surface area contributed by atoms with Crippen molar-refractivity contribution >= 4 is 0 Å². The van der Waals surface area contributed by atoms with Crippen molar-refractivity contribution in [2.75, 3.05) is 0 Å². The predicted octanol–water partition coefficient (Wildman–Crippen LogP) is 7.40. The quantitative estimate of drug-likeness (QED) is 0.367. The molecule has 0 bridgehead atoms. The fraction of sp³-hybridized carbons (Fsp3) is 0.619. The Morgan fingerprint density at radius 1 is 1.19 bits per heavy atom. The summed E-state index contributed by atoms with van der Waals surface area (Å²) in [6.45, 7) is 17.6. The molecule has 0 nitrogen and oxygen atoms in total. The van der Waals surface area contributed by atoms with E-state index in [0.717, 1.165) is 12.3 Å². The zero-order valence-corrected chi connectivity index (χ0v) is 15.3. The van der Waals surface area contributed by atoms with Crippen LogP contribution in [-0.4, -0.2) is 0 Å². The van der Waals surface area contributed by atoms with E-state index in [1.54, 1.807) is 0 Å². The normalized spacial score (nSPS) is 15.2. The van der Waals surface area contributed by atoms with E-state index in [1.165, 1.54) is 54.4 Å². The number of unbranched alkanes of at least 4 members (excludes halogenated alkanes) is 1. The second-order valence-corrected chi connectivity index (χ2v) is 6.28. The van der Waals surface area contributed by atoms with Crippen molar-refractivity contribution in [1.82, 2.24) is 0 Å². The molecule has 0 spiro atoms. The number of hydrogen-bond donors (Lipinski definition) is 0. The molecule has 0 aliphatic heterocycles. The molecule has 1 atom stereocenters. The van der Waals surface area contributed by atoms with Gasteiger partial charge in [-0.15, -0.1) is 0 Å². The summed E-state index contributed by atoms with van der Waals surface area (Å²) in [4.78, 5) is 0. The first-order valence-corrected chi connectivity index (χ1v) is 8.66. The van der Waals surface area contributed by atoms with Crippen LogP contribution in [0.4, 0.5) is 0 Å². The van der Waals surface area contributed by atoms with Crippen LogP contribution >= 0.6 is 0 Å². The summed E-state index contributed by atoms with van der Waals surface area (Å²) in [5, 5.41) is 0. The Kier molecular flexibility index (Phi) is 11.0. The second-order valence-electron chi connectivity index (χ2n) is 6.28. The maximum atomic E-state index is 4.26. The van der Waals surface area contributed by atoms with Crippen LogP contribution < -0.4 is 0 Å². The minimum Gasteiger partial charge on any atom is -0.0952 e. The highest BCUT2D eigenvalue weighted by Crippen LogP contribution is 2.23. The zero-order chi connectivity index (χ0) is 16.3. The molecule has 0 fully saturated rings. The van der Waals surface area contributed by atoms with Gasteiger partial charge in [-0.25, -0.2) is 0 Å². The van der Waals surface area contributed by atoms with Crippen molar-refractivity contribution in [3.05, 3.63) is 47.1 Å². The Morgan fingerprint density at radius 3 is 2.38 bits per heavy atom. The summed E-state index contributed by atoms with van der Waals surface area (Å²) in [6, 6.07) is 0. The van der Waals surface area contributed by atoms with E-state index in [0.29, 0.717) is 0 Å². The molecule has 21 heavy (non-hydrogen) atoms. The van der Waals surface area contributed by atoms with Gasteiger partial charge in [0.1, 0.15) is 0 Å². The van der Waals surface area contributed by atoms with Gasteiger partial charge in [-0.05, 0) is 69.1 Å². The van der Waals surface area contributed by atoms with Gasteiger partial charge in [-0.1, -0.05) is 64.0 Å². The Hall–Kier alpha value is -1.04. The van der Waals surface area contributed by atoms with Crippen LogP contribution in [0, 0.1) is 5.92 Å². The molecule has 0 radical (unpaired) electrons. The smallest absolute Gasteiger partial charge is 0.0244 e. The molecular weight excluding hydrogens is 252 g/mol. The van der Waals surface area contributed by atoms with E-state index in [2.05, 4.69) is 66.3 Å². The molecule has 0 saturated carbocycles. The highest BCUT2D eigenvalue weighted by molar-refractivity contribution is 5.46. The minimum absolute atomic E-state index is 0.832. The van der Waals surface area contributed by atoms with Gasteiger partial charge in [-0.3, -0.25) is 0 Å². The fourth-order valence-electron chi connectivity index (χ4n) is 2.51. The van der Waals surface area contributed by atoms with Crippen LogP contribution in [0.1, 0.15) is 80.1 Å². The van der Waals surface area contributed by atoms with Gasteiger partial charge in [0.25, 0.3) is 0 Å². The lowest BCUT2D eigenvalue weighted by Gasteiger charge is -2.11. The average molecular weight is 289 g/mol. The first-order valence-electron chi connectivity index (χ1n) is 8.66. The molecule has 0 aromatic heterocycles. The van der Waals surface area contributed by atoms with Crippen molar-refractivity contribution in [3.8, 4) is 0 Å². The maximum Gasteiger partial charge on any atom is -0.0244 e. The summed E-state index contributed by atoms with van der Waals surface area (Å²) >= 11 is 0. The predicted molar refractivity (Wildman–Crippen MR) is 98.6 cm³/mol. The van der Waals surface area contributed by atoms with E-state index >= 15 is 0 Å². The summed E-state index contributed by atoms with van der Waals surface area (Å²) in [7, 11) is 0. The van der Waals surface area contributed by atoms with Crippen molar-refractivity contribution in [2.24, 2.45) is 5.92 Å². The SMILES string of the molecule is C=C(CCCC)C(=C/C)/C(C)=C\C(C)=C\CCC(C)CC. The molecule has 1 unspecified atom stereocenters. The second kappa shape index (κ2) is 11.6. The minimum atomic E-state index is 0.832. The molecule has 0 N–H and O–H groups in total. The third kappa shape index (κ3) is 8.75. The topological polar surface area (TPSA) is 0 Å². The zero-order valence-electron chi connectivity index (χ0n) is 15.3. The Bertz CT molecular complexity index is 390. The van der Waals surface area contributed by atoms with Crippen molar-refractivity contribution in [3.63, 3.8) is 0 Å². The Balaban J connectivity index is 4.67. The largest absolute Gasteiger partial charge is 0.0952 e. The maximum absolute atomic E-state index is 4.26. The first kappa shape index (κ1) is 20.0. The van der Waals surface area contributed by atoms with Crippen LogP contribution in [0.5, 0.6) is 0 Å². The number of allylic oxidation sites excluding steroid dienone is 7. The van der Waals surface area contributed by atoms with Gasteiger partial charge in [-0.2, -0.15) is 0 Å². The lowest BCUT2D eigenvalue weighted by molar-refractivity contribution is 0.521. The molecule has 0 amide bonds. The monoisotopic (exact) mass is 288 g/mol. The standard InChI is InChI=1S/C21H36/c1-8-11-15-19(6)21(10-3)20(7)16-18(5)14-12-13-17(4)9-2/h10,14,16-17H,6,8-9,11-13,15H2,1-5,7H3/b18-14+,20-16-,21-10-. The van der Waals surface area contributed by atoms with E-state index in [4.69, 9.17) is 0 Å². The Morgan fingerprint density at radius 2 is 1.86 bits per heavy atom. The van der Waals surface area contributed by atoms with Gasteiger partial charge in [0.05, 0.1) is 0 Å². The third-order valence-corrected chi connectivity index (χ3v) is 4.19. The van der Waals surface area contributed by atoms with E-state index in [9.17, 15) is 0 Å². The first-order chi connectivity index (χ1) is 9.96. The van der Waals surface area contributed by atoms with Gasteiger partial charge < -0.3 is 0 Å². The molecule has 120 valence electrons. The van der Waals surface area contributed by atoms with Gasteiger partial charge in [0.2, 0.25) is 0 Å². The molecule has 0 saturated heterocycles. The van der Waals surface area contributed by atoms with E-state index in [-0.39, 0.29) is 0 Å². The summed E-state index contributed by atoms with van der Waals surface area (Å²) in [6.07, 6.45) is 14.2. The van der Waals surface area contributed by atoms with E-state index < -0.39 is 0 Å². The molecule has 0 aliphatic rings. The Labute approximate surface area is 133 Å². The molecule has 0 heterocycles. The van der Waals surface area contributed by atoms with Crippen LogP contribution in [0.15, 0.2) is 47.1 Å². The number of rotatable bonds is 10. The van der Waals surface area contributed by atoms with Gasteiger partial charge in [0, 0.05) is 0 Å². The number of hydrogen-bond acceptors (Lipinski definition) is 0. The highest BCUT2D eigenvalue weighted by Gasteiger charge is 2.04. The molecule has 0 aromatic rings. The van der Waals surface area contributed by atoms with Crippen molar-refractivity contribution in [2.45, 2.75) is 80.1 Å². The van der Waals surface area contributed by atoms with Crippen LogP contribution in [0.25, 0.3) is 0 Å². The highest BCUT2D eigenvalue weighted by atomic mass is 14.1. The molecule has 0 heteroatoms. The lowest BCUT2D eigenvalue weighted by atomic mass is 9.94. The van der Waals surface area contributed by atoms with Gasteiger partial charge >= 0.3 is 0 Å². The van der Waals surface area contributed by atoms with Crippen molar-refractivity contribution < 1.29 is 0 Å². The summed E-state index contributed by atoms with van der Waals surface area (Å²) < 4.78 is 0. The summed E-state index contributed by atoms with van der Waals surface area (Å²) in [5.41, 5.74) is 5.33. The van der Waals surface area contributed by atoms with E-state index in [1.807, 2.05) is 0 Å². The third-order valence-electron chi connectivity index (χ3n) is 4.19. The molecule has 0 aromatic carbocycles. The van der Waals surface area contributed by atoms with Crippen molar-refractivity contribution in [1.29, 1.82) is 0 Å². The van der Waals surface area contributed by atoms with Crippen LogP contribution in [0.3, 0.4) is 0 Å². The van der Waals surface area contributed by atoms with Gasteiger partial charge in [0.15, 0.2) is 0 Å². The van der Waals surface area contributed by atoms with Crippen LogP contribution in [0.2, 0.25) is 0 Å².